The molecule has 80 valence electrons. The van der Waals surface area contributed by atoms with Crippen molar-refractivity contribution in [1.29, 1.82) is 0 Å². The van der Waals surface area contributed by atoms with E-state index in [1.54, 1.807) is 0 Å². The van der Waals surface area contributed by atoms with E-state index in [0.29, 0.717) is 4.32 Å². The summed E-state index contributed by atoms with van der Waals surface area (Å²) in [5, 5.41) is 0. The Morgan fingerprint density at radius 3 is 2.14 bits per heavy atom. The smallest absolute Gasteiger partial charge is 0.0707 e. The fraction of sp³-hybridized carbons (Fsp3) is 1.00. The highest BCUT2D eigenvalue weighted by Crippen LogP contribution is 2.63. The molecule has 4 aliphatic rings. The molecule has 0 aromatic carbocycles. The predicted octanol–water partition coefficient (Wildman–Crippen LogP) is 3.37. The van der Waals surface area contributed by atoms with Crippen LogP contribution < -0.4 is 0 Å². The maximum Gasteiger partial charge on any atom is 0.0707 e. The third-order valence-corrected chi connectivity index (χ3v) is 6.15. The Morgan fingerprint density at radius 2 is 1.71 bits per heavy atom. The standard InChI is InChI=1S/C12H19BrO/c1-11(14-2)9-3-8-4-10(11)7-12(13,5-8)6-9/h8-10H,3-7H2,1-2H3. The van der Waals surface area contributed by atoms with Gasteiger partial charge in [0.25, 0.3) is 0 Å². The predicted molar refractivity (Wildman–Crippen MR) is 60.6 cm³/mol. The number of ether oxygens (including phenoxy) is 1. The average Bonchev–Trinajstić information content (AvgIpc) is 2.11. The molecule has 0 aliphatic heterocycles. The summed E-state index contributed by atoms with van der Waals surface area (Å²) in [6.45, 7) is 2.34. The van der Waals surface area contributed by atoms with Crippen LogP contribution in [0.25, 0.3) is 0 Å². The molecule has 2 unspecified atom stereocenters. The van der Waals surface area contributed by atoms with Crippen LogP contribution in [0.2, 0.25) is 0 Å². The highest BCUT2D eigenvalue weighted by atomic mass is 79.9. The molecular formula is C12H19BrO. The van der Waals surface area contributed by atoms with E-state index in [2.05, 4.69) is 22.9 Å². The van der Waals surface area contributed by atoms with Gasteiger partial charge in [0.15, 0.2) is 0 Å². The van der Waals surface area contributed by atoms with Crippen LogP contribution in [0.3, 0.4) is 0 Å². The van der Waals surface area contributed by atoms with Crippen LogP contribution in [0.4, 0.5) is 0 Å². The van der Waals surface area contributed by atoms with Crippen molar-refractivity contribution in [2.24, 2.45) is 17.8 Å². The molecule has 0 N–H and O–H groups in total. The fourth-order valence-electron chi connectivity index (χ4n) is 4.42. The van der Waals surface area contributed by atoms with Gasteiger partial charge in [0.05, 0.1) is 5.60 Å². The van der Waals surface area contributed by atoms with Gasteiger partial charge in [-0.3, -0.25) is 0 Å². The zero-order valence-electron chi connectivity index (χ0n) is 9.05. The summed E-state index contributed by atoms with van der Waals surface area (Å²) < 4.78 is 6.33. The number of rotatable bonds is 1. The van der Waals surface area contributed by atoms with E-state index in [9.17, 15) is 0 Å². The van der Waals surface area contributed by atoms with Crippen LogP contribution in [0.5, 0.6) is 0 Å². The highest BCUT2D eigenvalue weighted by Gasteiger charge is 2.59. The SMILES string of the molecule is COC1(C)C2CC3CC1CC(Br)(C3)C2. The molecule has 1 nitrogen and oxygen atoms in total. The van der Waals surface area contributed by atoms with Gasteiger partial charge in [-0.2, -0.15) is 0 Å². The second-order valence-corrected chi connectivity index (χ2v) is 7.56. The van der Waals surface area contributed by atoms with E-state index in [4.69, 9.17) is 4.74 Å². The molecule has 4 rings (SSSR count). The molecule has 0 saturated heterocycles. The van der Waals surface area contributed by atoms with Gasteiger partial charge in [-0.15, -0.1) is 0 Å². The normalized spacial score (nSPS) is 60.6. The van der Waals surface area contributed by atoms with Gasteiger partial charge in [-0.05, 0) is 56.8 Å². The Bertz CT molecular complexity index is 247. The molecule has 4 fully saturated rings. The van der Waals surface area contributed by atoms with E-state index in [0.717, 1.165) is 17.8 Å². The lowest BCUT2D eigenvalue weighted by Crippen LogP contribution is -2.61. The monoisotopic (exact) mass is 258 g/mol. The minimum absolute atomic E-state index is 0.189. The van der Waals surface area contributed by atoms with Crippen molar-refractivity contribution in [3.8, 4) is 0 Å². The van der Waals surface area contributed by atoms with E-state index < -0.39 is 0 Å². The summed E-state index contributed by atoms with van der Waals surface area (Å²) in [7, 11) is 1.91. The van der Waals surface area contributed by atoms with Crippen LogP contribution in [0, 0.1) is 17.8 Å². The Kier molecular flexibility index (Phi) is 1.90. The minimum Gasteiger partial charge on any atom is -0.378 e. The summed E-state index contributed by atoms with van der Waals surface area (Å²) in [5.74, 6) is 2.59. The summed E-state index contributed by atoms with van der Waals surface area (Å²) in [6.07, 6.45) is 6.91. The first-order valence-corrected chi connectivity index (χ1v) is 6.59. The Morgan fingerprint density at radius 1 is 1.14 bits per heavy atom. The highest BCUT2D eigenvalue weighted by molar-refractivity contribution is 9.10. The topological polar surface area (TPSA) is 9.23 Å². The number of alkyl halides is 1. The first-order valence-electron chi connectivity index (χ1n) is 5.80. The van der Waals surface area contributed by atoms with Gasteiger partial charge in [-0.1, -0.05) is 15.9 Å². The van der Waals surface area contributed by atoms with Crippen LogP contribution in [0.1, 0.15) is 39.0 Å². The molecule has 0 heterocycles. The molecule has 4 bridgehead atoms. The third-order valence-electron chi connectivity index (χ3n) is 5.18. The maximum atomic E-state index is 5.84. The largest absolute Gasteiger partial charge is 0.378 e. The van der Waals surface area contributed by atoms with Crippen molar-refractivity contribution in [3.63, 3.8) is 0 Å². The maximum absolute atomic E-state index is 5.84. The molecule has 4 aliphatic carbocycles. The summed E-state index contributed by atoms with van der Waals surface area (Å²) in [5.41, 5.74) is 0.189. The van der Waals surface area contributed by atoms with E-state index in [1.165, 1.54) is 32.1 Å². The minimum atomic E-state index is 0.189. The first kappa shape index (κ1) is 9.65. The van der Waals surface area contributed by atoms with Gasteiger partial charge in [0.2, 0.25) is 0 Å². The molecule has 0 radical (unpaired) electrons. The van der Waals surface area contributed by atoms with Crippen LogP contribution in [-0.2, 0) is 4.74 Å². The van der Waals surface area contributed by atoms with Crippen molar-refractivity contribution < 1.29 is 4.74 Å². The fourth-order valence-corrected chi connectivity index (χ4v) is 5.66. The second-order valence-electron chi connectivity index (χ2n) is 5.88. The molecule has 14 heavy (non-hydrogen) atoms. The van der Waals surface area contributed by atoms with E-state index in [1.807, 2.05) is 7.11 Å². The average molecular weight is 259 g/mol. The lowest BCUT2D eigenvalue weighted by molar-refractivity contribution is -0.171. The Balaban J connectivity index is 1.96. The molecular weight excluding hydrogens is 240 g/mol. The summed E-state index contributed by atoms with van der Waals surface area (Å²) in [6, 6.07) is 0. The van der Waals surface area contributed by atoms with Gasteiger partial charge < -0.3 is 4.74 Å². The van der Waals surface area contributed by atoms with Crippen molar-refractivity contribution >= 4 is 15.9 Å². The quantitative estimate of drug-likeness (QED) is 0.656. The lowest BCUT2D eigenvalue weighted by atomic mass is 9.50. The Labute approximate surface area is 94.7 Å². The van der Waals surface area contributed by atoms with E-state index in [-0.39, 0.29) is 5.60 Å². The van der Waals surface area contributed by atoms with Crippen LogP contribution in [-0.4, -0.2) is 17.0 Å². The van der Waals surface area contributed by atoms with Crippen molar-refractivity contribution in [1.82, 2.24) is 0 Å². The molecule has 0 aromatic rings. The van der Waals surface area contributed by atoms with Gasteiger partial charge in [0, 0.05) is 11.4 Å². The van der Waals surface area contributed by atoms with Gasteiger partial charge in [-0.25, -0.2) is 0 Å². The number of hydrogen-bond donors (Lipinski definition) is 0. The zero-order chi connectivity index (χ0) is 9.97. The van der Waals surface area contributed by atoms with Crippen molar-refractivity contribution in [2.45, 2.75) is 49.0 Å². The summed E-state index contributed by atoms with van der Waals surface area (Å²) >= 11 is 3.98. The van der Waals surface area contributed by atoms with Crippen LogP contribution >= 0.6 is 15.9 Å². The van der Waals surface area contributed by atoms with Gasteiger partial charge >= 0.3 is 0 Å². The molecule has 4 saturated carbocycles. The molecule has 0 spiro atoms. The number of halogens is 1. The number of hydrogen-bond acceptors (Lipinski definition) is 1. The van der Waals surface area contributed by atoms with Crippen molar-refractivity contribution in [3.05, 3.63) is 0 Å². The molecule has 0 amide bonds. The molecule has 2 heteroatoms. The molecule has 0 aromatic heterocycles. The third kappa shape index (κ3) is 1.10. The first-order chi connectivity index (χ1) is 6.56. The summed E-state index contributed by atoms with van der Waals surface area (Å²) in [4.78, 5) is 0. The Hall–Kier alpha value is 0.440. The zero-order valence-corrected chi connectivity index (χ0v) is 10.6. The van der Waals surface area contributed by atoms with Crippen molar-refractivity contribution in [2.75, 3.05) is 7.11 Å². The van der Waals surface area contributed by atoms with Gasteiger partial charge in [0.1, 0.15) is 0 Å². The van der Waals surface area contributed by atoms with Crippen LogP contribution in [0.15, 0.2) is 0 Å². The lowest BCUT2D eigenvalue weighted by Gasteiger charge is -2.62. The second kappa shape index (κ2) is 2.76. The van der Waals surface area contributed by atoms with E-state index >= 15 is 0 Å². The number of methoxy groups -OCH3 is 1. The molecule has 2 atom stereocenters.